The van der Waals surface area contributed by atoms with E-state index in [1.165, 1.54) is 16.9 Å². The van der Waals surface area contributed by atoms with E-state index in [-0.39, 0.29) is 5.91 Å². The smallest absolute Gasteiger partial charge is 0.264 e. The Morgan fingerprint density at radius 2 is 2.00 bits per heavy atom. The van der Waals surface area contributed by atoms with Gasteiger partial charge in [0.2, 0.25) is 0 Å². The first kappa shape index (κ1) is 18.4. The fraction of sp³-hybridized carbons (Fsp3) is 0.500. The highest BCUT2D eigenvalue weighted by molar-refractivity contribution is 7.14. The van der Waals surface area contributed by atoms with Crippen molar-refractivity contribution < 1.29 is 9.53 Å². The van der Waals surface area contributed by atoms with Crippen LogP contribution >= 0.6 is 11.3 Å². The monoisotopic (exact) mass is 384 g/mol. The molecule has 4 nitrogen and oxygen atoms in total. The van der Waals surface area contributed by atoms with E-state index in [1.807, 2.05) is 30.0 Å². The second-order valence-corrected chi connectivity index (χ2v) is 8.72. The first-order valence-corrected chi connectivity index (χ1v) is 10.8. The fourth-order valence-electron chi connectivity index (χ4n) is 4.11. The number of carbonyl (C=O) groups excluding carboxylic acids is 1. The summed E-state index contributed by atoms with van der Waals surface area (Å²) in [5.41, 5.74) is 2.54. The van der Waals surface area contributed by atoms with Gasteiger partial charge in [-0.25, -0.2) is 0 Å². The van der Waals surface area contributed by atoms with Crippen molar-refractivity contribution in [2.45, 2.75) is 33.1 Å². The summed E-state index contributed by atoms with van der Waals surface area (Å²) in [6, 6.07) is 10.3. The first-order chi connectivity index (χ1) is 13.2. The van der Waals surface area contributed by atoms with Crippen LogP contribution in [0.3, 0.4) is 0 Å². The van der Waals surface area contributed by atoms with Crippen molar-refractivity contribution in [3.8, 4) is 5.75 Å². The van der Waals surface area contributed by atoms with Crippen LogP contribution in [-0.2, 0) is 12.8 Å². The third-order valence-electron chi connectivity index (χ3n) is 5.61. The van der Waals surface area contributed by atoms with Gasteiger partial charge in [0, 0.05) is 31.1 Å². The van der Waals surface area contributed by atoms with Crippen molar-refractivity contribution in [3.05, 3.63) is 45.6 Å². The largest absolute Gasteiger partial charge is 0.492 e. The lowest BCUT2D eigenvalue weighted by Gasteiger charge is -2.36. The standard InChI is InChI=1S/C22H28N2O2S/c1-3-26-19-7-5-4-6-18(19)23-10-12-24(13-11-23)22(25)21-15-17-14-16(2)8-9-20(17)27-21/h4-7,15-16H,3,8-14H2,1-2H3/t16-/m0/s1. The van der Waals surface area contributed by atoms with Crippen LogP contribution in [0.5, 0.6) is 5.75 Å². The highest BCUT2D eigenvalue weighted by Gasteiger charge is 2.27. The van der Waals surface area contributed by atoms with E-state index in [1.54, 1.807) is 11.3 Å². The zero-order valence-electron chi connectivity index (χ0n) is 16.2. The van der Waals surface area contributed by atoms with Crippen LogP contribution in [0, 0.1) is 5.92 Å². The molecule has 5 heteroatoms. The van der Waals surface area contributed by atoms with Crippen molar-refractivity contribution in [2.75, 3.05) is 37.7 Å². The summed E-state index contributed by atoms with van der Waals surface area (Å²) in [5, 5.41) is 0. The van der Waals surface area contributed by atoms with Crippen molar-refractivity contribution >= 4 is 22.9 Å². The van der Waals surface area contributed by atoms with Crippen LogP contribution in [0.2, 0.25) is 0 Å². The van der Waals surface area contributed by atoms with E-state index < -0.39 is 0 Å². The molecule has 0 N–H and O–H groups in total. The Kier molecular flexibility index (Phi) is 5.39. The molecule has 1 aromatic heterocycles. The Balaban J connectivity index is 1.42. The summed E-state index contributed by atoms with van der Waals surface area (Å²) in [7, 11) is 0. The van der Waals surface area contributed by atoms with Crippen LogP contribution in [0.4, 0.5) is 5.69 Å². The number of amides is 1. The molecule has 1 amide bonds. The maximum absolute atomic E-state index is 13.0. The molecule has 1 aromatic carbocycles. The second-order valence-electron chi connectivity index (χ2n) is 7.59. The lowest BCUT2D eigenvalue weighted by atomic mass is 9.90. The minimum Gasteiger partial charge on any atom is -0.492 e. The predicted octanol–water partition coefficient (Wildman–Crippen LogP) is 4.23. The number of carbonyl (C=O) groups is 1. The Bertz CT molecular complexity index is 808. The van der Waals surface area contributed by atoms with Crippen LogP contribution in [-0.4, -0.2) is 43.6 Å². The Morgan fingerprint density at radius 1 is 1.22 bits per heavy atom. The van der Waals surface area contributed by atoms with E-state index in [0.717, 1.165) is 61.3 Å². The van der Waals surface area contributed by atoms with E-state index in [2.05, 4.69) is 24.0 Å². The molecule has 1 saturated heterocycles. The molecule has 1 fully saturated rings. The van der Waals surface area contributed by atoms with Gasteiger partial charge in [0.1, 0.15) is 5.75 Å². The molecule has 1 aliphatic carbocycles. The van der Waals surface area contributed by atoms with Gasteiger partial charge in [0.15, 0.2) is 0 Å². The van der Waals surface area contributed by atoms with E-state index in [9.17, 15) is 4.79 Å². The summed E-state index contributed by atoms with van der Waals surface area (Å²) in [5.74, 6) is 1.88. The van der Waals surface area contributed by atoms with Gasteiger partial charge in [-0.15, -0.1) is 11.3 Å². The SMILES string of the molecule is CCOc1ccccc1N1CCN(C(=O)c2cc3c(s2)CC[C@H](C)C3)CC1. The number of ether oxygens (including phenoxy) is 1. The number of anilines is 1. The number of para-hydroxylation sites is 2. The van der Waals surface area contributed by atoms with Gasteiger partial charge in [-0.3, -0.25) is 4.79 Å². The third-order valence-corrected chi connectivity index (χ3v) is 6.84. The molecule has 2 heterocycles. The van der Waals surface area contributed by atoms with E-state index in [0.29, 0.717) is 6.61 Å². The van der Waals surface area contributed by atoms with Gasteiger partial charge in [-0.2, -0.15) is 0 Å². The topological polar surface area (TPSA) is 32.8 Å². The van der Waals surface area contributed by atoms with Crippen molar-refractivity contribution in [1.82, 2.24) is 4.90 Å². The highest BCUT2D eigenvalue weighted by Crippen LogP contribution is 2.33. The van der Waals surface area contributed by atoms with Crippen molar-refractivity contribution in [2.24, 2.45) is 5.92 Å². The van der Waals surface area contributed by atoms with Crippen LogP contribution in [0.25, 0.3) is 0 Å². The molecule has 2 aliphatic rings. The number of fused-ring (bicyclic) bond motifs is 1. The predicted molar refractivity (Wildman–Crippen MR) is 111 cm³/mol. The zero-order chi connectivity index (χ0) is 18.8. The molecule has 0 bridgehead atoms. The van der Waals surface area contributed by atoms with Gasteiger partial charge < -0.3 is 14.5 Å². The summed E-state index contributed by atoms with van der Waals surface area (Å²) >= 11 is 1.72. The van der Waals surface area contributed by atoms with Gasteiger partial charge in [0.05, 0.1) is 17.2 Å². The molecule has 1 atom stereocenters. The van der Waals surface area contributed by atoms with Crippen molar-refractivity contribution in [1.29, 1.82) is 0 Å². The number of benzene rings is 1. The average Bonchev–Trinajstić information content (AvgIpc) is 3.11. The normalized spacial score (nSPS) is 19.7. The molecule has 0 unspecified atom stereocenters. The Hall–Kier alpha value is -2.01. The molecule has 1 aliphatic heterocycles. The first-order valence-electron chi connectivity index (χ1n) is 10.0. The van der Waals surface area contributed by atoms with Crippen molar-refractivity contribution in [3.63, 3.8) is 0 Å². The molecule has 0 radical (unpaired) electrons. The molecular weight excluding hydrogens is 356 g/mol. The number of hydrogen-bond donors (Lipinski definition) is 0. The third kappa shape index (κ3) is 3.84. The lowest BCUT2D eigenvalue weighted by molar-refractivity contribution is 0.0751. The lowest BCUT2D eigenvalue weighted by Crippen LogP contribution is -2.48. The molecule has 4 rings (SSSR count). The molecular formula is C22H28N2O2S. The minimum atomic E-state index is 0.208. The van der Waals surface area contributed by atoms with Crippen LogP contribution in [0.1, 0.15) is 40.4 Å². The second kappa shape index (κ2) is 7.93. The van der Waals surface area contributed by atoms with E-state index in [4.69, 9.17) is 4.74 Å². The summed E-state index contributed by atoms with van der Waals surface area (Å²) in [4.78, 5) is 19.7. The molecule has 0 saturated carbocycles. The average molecular weight is 385 g/mol. The number of piperazine rings is 1. The van der Waals surface area contributed by atoms with Crippen LogP contribution in [0.15, 0.2) is 30.3 Å². The van der Waals surface area contributed by atoms with Crippen LogP contribution < -0.4 is 9.64 Å². The quantitative estimate of drug-likeness (QED) is 0.791. The molecule has 144 valence electrons. The number of rotatable bonds is 4. The van der Waals surface area contributed by atoms with Gasteiger partial charge in [0.25, 0.3) is 5.91 Å². The molecule has 27 heavy (non-hydrogen) atoms. The summed E-state index contributed by atoms with van der Waals surface area (Å²) in [6.45, 7) is 8.19. The minimum absolute atomic E-state index is 0.208. The summed E-state index contributed by atoms with van der Waals surface area (Å²) < 4.78 is 5.77. The number of aryl methyl sites for hydroxylation is 1. The number of thiophene rings is 1. The summed E-state index contributed by atoms with van der Waals surface area (Å²) in [6.07, 6.45) is 3.51. The number of hydrogen-bond acceptors (Lipinski definition) is 4. The number of nitrogens with zero attached hydrogens (tertiary/aromatic N) is 2. The molecule has 2 aromatic rings. The Morgan fingerprint density at radius 3 is 2.78 bits per heavy atom. The van der Waals surface area contributed by atoms with Gasteiger partial charge in [-0.1, -0.05) is 19.1 Å². The van der Waals surface area contributed by atoms with Gasteiger partial charge >= 0.3 is 0 Å². The molecule has 0 spiro atoms. The van der Waals surface area contributed by atoms with Gasteiger partial charge in [-0.05, 0) is 55.9 Å². The zero-order valence-corrected chi connectivity index (χ0v) is 17.1. The Labute approximate surface area is 165 Å². The van der Waals surface area contributed by atoms with E-state index >= 15 is 0 Å². The maximum Gasteiger partial charge on any atom is 0.264 e. The highest BCUT2D eigenvalue weighted by atomic mass is 32.1. The maximum atomic E-state index is 13.0. The fourth-order valence-corrected chi connectivity index (χ4v) is 5.29.